The van der Waals surface area contributed by atoms with Crippen LogP contribution < -0.4 is 15.4 Å². The lowest BCUT2D eigenvalue weighted by Crippen LogP contribution is -2.24. The van der Waals surface area contributed by atoms with Crippen LogP contribution in [-0.2, 0) is 13.1 Å². The zero-order chi connectivity index (χ0) is 21.2. The molecular formula is C23H25N3O3S. The SMILES string of the molecule is CCCCOc1ncccc1CNC(=O)c1ccc(CNC(=O)c2cccs2)cc1. The molecule has 3 rings (SSSR count). The summed E-state index contributed by atoms with van der Waals surface area (Å²) in [4.78, 5) is 29.4. The van der Waals surface area contributed by atoms with Crippen LogP contribution in [0.2, 0.25) is 0 Å². The van der Waals surface area contributed by atoms with E-state index >= 15 is 0 Å². The molecule has 2 heterocycles. The summed E-state index contributed by atoms with van der Waals surface area (Å²) in [6, 6.07) is 14.5. The molecule has 0 aliphatic carbocycles. The number of ether oxygens (including phenoxy) is 1. The maximum absolute atomic E-state index is 12.5. The van der Waals surface area contributed by atoms with Gasteiger partial charge < -0.3 is 15.4 Å². The molecule has 1 aromatic carbocycles. The molecule has 2 N–H and O–H groups in total. The number of benzene rings is 1. The zero-order valence-corrected chi connectivity index (χ0v) is 17.7. The van der Waals surface area contributed by atoms with Crippen molar-refractivity contribution in [3.8, 4) is 5.88 Å². The first-order valence-electron chi connectivity index (χ1n) is 9.93. The van der Waals surface area contributed by atoms with Gasteiger partial charge >= 0.3 is 0 Å². The molecule has 0 radical (unpaired) electrons. The van der Waals surface area contributed by atoms with Crippen LogP contribution in [0.5, 0.6) is 5.88 Å². The van der Waals surface area contributed by atoms with E-state index in [0.717, 1.165) is 24.0 Å². The highest BCUT2D eigenvalue weighted by Crippen LogP contribution is 2.15. The van der Waals surface area contributed by atoms with Crippen LogP contribution in [0, 0.1) is 0 Å². The van der Waals surface area contributed by atoms with Crippen molar-refractivity contribution in [1.82, 2.24) is 15.6 Å². The summed E-state index contributed by atoms with van der Waals surface area (Å²) in [5, 5.41) is 7.65. The Balaban J connectivity index is 1.51. The van der Waals surface area contributed by atoms with Gasteiger partial charge in [-0.15, -0.1) is 11.3 Å². The molecule has 156 valence electrons. The Labute approximate surface area is 180 Å². The Hall–Kier alpha value is -3.19. The molecule has 7 heteroatoms. The van der Waals surface area contributed by atoms with Crippen molar-refractivity contribution >= 4 is 23.2 Å². The highest BCUT2D eigenvalue weighted by atomic mass is 32.1. The number of aromatic nitrogens is 1. The standard InChI is InChI=1S/C23H25N3O3S/c1-2-3-13-29-23-19(6-4-12-24-23)16-26-21(27)18-10-8-17(9-11-18)15-25-22(28)20-7-5-14-30-20/h4-12,14H,2-3,13,15-16H2,1H3,(H,25,28)(H,26,27). The summed E-state index contributed by atoms with van der Waals surface area (Å²) in [6.45, 7) is 3.46. The Kier molecular flexibility index (Phi) is 7.97. The number of carbonyl (C=O) groups is 2. The van der Waals surface area contributed by atoms with E-state index in [9.17, 15) is 9.59 Å². The van der Waals surface area contributed by atoms with E-state index in [1.807, 2.05) is 35.7 Å². The Morgan fingerprint density at radius 2 is 1.80 bits per heavy atom. The van der Waals surface area contributed by atoms with Crippen molar-refractivity contribution in [2.45, 2.75) is 32.9 Å². The van der Waals surface area contributed by atoms with Crippen molar-refractivity contribution < 1.29 is 14.3 Å². The molecule has 6 nitrogen and oxygen atoms in total. The zero-order valence-electron chi connectivity index (χ0n) is 16.9. The summed E-state index contributed by atoms with van der Waals surface area (Å²) in [5.74, 6) is 0.288. The van der Waals surface area contributed by atoms with E-state index in [-0.39, 0.29) is 11.8 Å². The van der Waals surface area contributed by atoms with E-state index in [0.29, 0.717) is 36.0 Å². The molecular weight excluding hydrogens is 398 g/mol. The molecule has 0 bridgehead atoms. The molecule has 0 atom stereocenters. The van der Waals surface area contributed by atoms with Gasteiger partial charge in [0, 0.05) is 30.4 Å². The first-order valence-corrected chi connectivity index (χ1v) is 10.8. The second-order valence-electron chi connectivity index (χ2n) is 6.71. The topological polar surface area (TPSA) is 80.3 Å². The highest BCUT2D eigenvalue weighted by molar-refractivity contribution is 7.12. The number of hydrogen-bond donors (Lipinski definition) is 2. The van der Waals surface area contributed by atoms with Crippen molar-refractivity contribution in [2.75, 3.05) is 6.61 Å². The van der Waals surface area contributed by atoms with E-state index in [1.54, 1.807) is 24.4 Å². The number of hydrogen-bond acceptors (Lipinski definition) is 5. The van der Waals surface area contributed by atoms with Gasteiger partial charge in [-0.25, -0.2) is 4.98 Å². The Bertz CT molecular complexity index is 956. The largest absolute Gasteiger partial charge is 0.477 e. The van der Waals surface area contributed by atoms with Gasteiger partial charge in [-0.3, -0.25) is 9.59 Å². The van der Waals surface area contributed by atoms with Crippen LogP contribution in [0.1, 0.15) is 50.9 Å². The second-order valence-corrected chi connectivity index (χ2v) is 7.66. The Morgan fingerprint density at radius 1 is 1.00 bits per heavy atom. The lowest BCUT2D eigenvalue weighted by Gasteiger charge is -2.11. The number of amides is 2. The fourth-order valence-corrected chi connectivity index (χ4v) is 3.37. The molecule has 2 amide bonds. The van der Waals surface area contributed by atoms with Gasteiger partial charge in [0.15, 0.2) is 0 Å². The van der Waals surface area contributed by atoms with E-state index < -0.39 is 0 Å². The quantitative estimate of drug-likeness (QED) is 0.480. The first-order chi connectivity index (χ1) is 14.7. The predicted molar refractivity (Wildman–Crippen MR) is 118 cm³/mol. The number of pyridine rings is 1. The number of nitrogens with zero attached hydrogens (tertiary/aromatic N) is 1. The number of nitrogens with one attached hydrogen (secondary N) is 2. The molecule has 3 aromatic rings. The molecule has 0 saturated heterocycles. The van der Waals surface area contributed by atoms with Crippen LogP contribution in [0.15, 0.2) is 60.1 Å². The molecule has 0 aliphatic heterocycles. The maximum Gasteiger partial charge on any atom is 0.261 e. The summed E-state index contributed by atoms with van der Waals surface area (Å²) in [6.07, 6.45) is 3.69. The van der Waals surface area contributed by atoms with Crippen molar-refractivity contribution in [2.24, 2.45) is 0 Å². The van der Waals surface area contributed by atoms with Crippen molar-refractivity contribution in [3.05, 3.63) is 81.7 Å². The fourth-order valence-electron chi connectivity index (χ4n) is 2.73. The summed E-state index contributed by atoms with van der Waals surface area (Å²) in [7, 11) is 0. The minimum Gasteiger partial charge on any atom is -0.477 e. The summed E-state index contributed by atoms with van der Waals surface area (Å²) >= 11 is 1.40. The summed E-state index contributed by atoms with van der Waals surface area (Å²) < 4.78 is 5.71. The Morgan fingerprint density at radius 3 is 2.53 bits per heavy atom. The third-order valence-corrected chi connectivity index (χ3v) is 5.31. The number of unbranched alkanes of at least 4 members (excludes halogenated alkanes) is 1. The van der Waals surface area contributed by atoms with Crippen LogP contribution >= 0.6 is 11.3 Å². The second kappa shape index (κ2) is 11.1. The number of carbonyl (C=O) groups excluding carboxylic acids is 2. The minimum atomic E-state index is -0.174. The lowest BCUT2D eigenvalue weighted by atomic mass is 10.1. The number of thiophene rings is 1. The van der Waals surface area contributed by atoms with Gasteiger partial charge in [0.05, 0.1) is 11.5 Å². The minimum absolute atomic E-state index is 0.0970. The average molecular weight is 424 g/mol. The smallest absolute Gasteiger partial charge is 0.261 e. The van der Waals surface area contributed by atoms with Gasteiger partial charge in [0.25, 0.3) is 11.8 Å². The third kappa shape index (κ3) is 6.15. The van der Waals surface area contributed by atoms with Gasteiger partial charge in [0.2, 0.25) is 5.88 Å². The van der Waals surface area contributed by atoms with Gasteiger partial charge in [0.1, 0.15) is 0 Å². The molecule has 0 fully saturated rings. The summed E-state index contributed by atoms with van der Waals surface area (Å²) in [5.41, 5.74) is 2.32. The molecule has 0 unspecified atom stereocenters. The molecule has 0 aliphatic rings. The van der Waals surface area contributed by atoms with E-state index in [1.165, 1.54) is 11.3 Å². The normalized spacial score (nSPS) is 10.4. The van der Waals surface area contributed by atoms with Crippen LogP contribution in [0.4, 0.5) is 0 Å². The van der Waals surface area contributed by atoms with Crippen molar-refractivity contribution in [3.63, 3.8) is 0 Å². The van der Waals surface area contributed by atoms with Crippen molar-refractivity contribution in [1.29, 1.82) is 0 Å². The first kappa shape index (κ1) is 21.5. The number of rotatable bonds is 10. The van der Waals surface area contributed by atoms with E-state index in [2.05, 4.69) is 22.5 Å². The fraction of sp³-hybridized carbons (Fsp3) is 0.261. The lowest BCUT2D eigenvalue weighted by molar-refractivity contribution is 0.0943. The highest BCUT2D eigenvalue weighted by Gasteiger charge is 2.10. The maximum atomic E-state index is 12.5. The van der Waals surface area contributed by atoms with Crippen LogP contribution in [0.25, 0.3) is 0 Å². The van der Waals surface area contributed by atoms with Gasteiger partial charge in [-0.05, 0) is 41.6 Å². The van der Waals surface area contributed by atoms with E-state index in [4.69, 9.17) is 4.74 Å². The third-order valence-electron chi connectivity index (χ3n) is 4.44. The molecule has 0 spiro atoms. The van der Waals surface area contributed by atoms with Crippen LogP contribution in [0.3, 0.4) is 0 Å². The predicted octanol–water partition coefficient (Wildman–Crippen LogP) is 4.18. The van der Waals surface area contributed by atoms with Crippen LogP contribution in [-0.4, -0.2) is 23.4 Å². The monoisotopic (exact) mass is 423 g/mol. The molecule has 2 aromatic heterocycles. The molecule has 30 heavy (non-hydrogen) atoms. The van der Waals surface area contributed by atoms with Gasteiger partial charge in [-0.1, -0.05) is 37.6 Å². The average Bonchev–Trinajstić information content (AvgIpc) is 3.32. The van der Waals surface area contributed by atoms with Gasteiger partial charge in [-0.2, -0.15) is 0 Å². The molecule has 0 saturated carbocycles.